The largest absolute Gasteiger partial charge is 0.277 e. The fourth-order valence-corrected chi connectivity index (χ4v) is 9.86. The van der Waals surface area contributed by atoms with E-state index in [1.807, 2.05) is 23.5 Å². The minimum absolute atomic E-state index is 0.569. The number of nitrogens with zero attached hydrogens (tertiary/aromatic N) is 4. The van der Waals surface area contributed by atoms with Gasteiger partial charge in [0.1, 0.15) is 0 Å². The lowest BCUT2D eigenvalue weighted by atomic mass is 9.98. The summed E-state index contributed by atoms with van der Waals surface area (Å²) in [4.78, 5) is 16.0. The molecule has 300 valence electrons. The summed E-state index contributed by atoms with van der Waals surface area (Å²) in [6.07, 6.45) is 1.25. The average Bonchev–Trinajstić information content (AvgIpc) is 3.91. The van der Waals surface area contributed by atoms with Gasteiger partial charge in [0.2, 0.25) is 5.95 Å². The van der Waals surface area contributed by atoms with Crippen molar-refractivity contribution in [1.29, 1.82) is 0 Å². The Balaban J connectivity index is 0.00000144. The summed E-state index contributed by atoms with van der Waals surface area (Å²) in [7, 11) is 0. The number of hydrogen-bond donors (Lipinski definition) is 0. The monoisotopic (exact) mass is 826 g/mol. The summed E-state index contributed by atoms with van der Waals surface area (Å²) in [5.41, 5.74) is 10.8. The van der Waals surface area contributed by atoms with E-state index in [1.54, 1.807) is 0 Å². The summed E-state index contributed by atoms with van der Waals surface area (Å²) in [6, 6.07) is 73.3. The molecule has 0 N–H and O–H groups in total. The van der Waals surface area contributed by atoms with Gasteiger partial charge in [-0.05, 0) is 62.9 Å². The van der Waals surface area contributed by atoms with E-state index in [0.717, 1.165) is 49.8 Å². The van der Waals surface area contributed by atoms with Crippen molar-refractivity contribution in [3.63, 3.8) is 0 Å². The highest BCUT2D eigenvalue weighted by atomic mass is 32.1. The average molecular weight is 827 g/mol. The maximum Gasteiger partial charge on any atom is 0.238 e. The van der Waals surface area contributed by atoms with Crippen LogP contribution in [0.15, 0.2) is 206 Å². The third-order valence-electron chi connectivity index (χ3n) is 11.7. The normalized spacial score (nSPS) is 11.4. The smallest absolute Gasteiger partial charge is 0.238 e. The zero-order valence-corrected chi connectivity index (χ0v) is 35.9. The summed E-state index contributed by atoms with van der Waals surface area (Å²) in [6.45, 7) is 4.25. The molecule has 0 atom stereocenters. The maximum absolute atomic E-state index is 5.38. The van der Waals surface area contributed by atoms with Crippen LogP contribution in [0.4, 0.5) is 0 Å². The Hall–Kier alpha value is -7.73. The molecule has 0 radical (unpaired) electrons. The molecule has 12 aromatic rings. The van der Waals surface area contributed by atoms with Gasteiger partial charge in [-0.25, -0.2) is 4.98 Å². The summed E-state index contributed by atoms with van der Waals surface area (Å²) in [5.74, 6) is 1.79. The minimum atomic E-state index is 0.569. The lowest BCUT2D eigenvalue weighted by Crippen LogP contribution is -2.07. The molecule has 12 rings (SSSR count). The lowest BCUT2D eigenvalue weighted by molar-refractivity contribution is 0.954. The number of aromatic nitrogens is 4. The van der Waals surface area contributed by atoms with Crippen molar-refractivity contribution < 1.29 is 0 Å². The van der Waals surface area contributed by atoms with E-state index in [4.69, 9.17) is 15.0 Å². The molecule has 0 bridgehead atoms. The van der Waals surface area contributed by atoms with Gasteiger partial charge in [0, 0.05) is 47.6 Å². The van der Waals surface area contributed by atoms with Gasteiger partial charge in [0.15, 0.2) is 11.6 Å². The first-order valence-electron chi connectivity index (χ1n) is 21.6. The van der Waals surface area contributed by atoms with Crippen LogP contribution in [0, 0.1) is 0 Å². The fourth-order valence-electron chi connectivity index (χ4n) is 8.78. The van der Waals surface area contributed by atoms with E-state index < -0.39 is 0 Å². The van der Waals surface area contributed by atoms with Crippen LogP contribution in [0.2, 0.25) is 0 Å². The predicted molar refractivity (Wildman–Crippen MR) is 268 cm³/mol. The molecule has 63 heavy (non-hydrogen) atoms. The van der Waals surface area contributed by atoms with Gasteiger partial charge in [0.25, 0.3) is 0 Å². The van der Waals surface area contributed by atoms with Gasteiger partial charge < -0.3 is 0 Å². The van der Waals surface area contributed by atoms with Crippen LogP contribution in [-0.4, -0.2) is 19.5 Å². The van der Waals surface area contributed by atoms with E-state index in [2.05, 4.69) is 213 Å². The van der Waals surface area contributed by atoms with Crippen molar-refractivity contribution in [2.45, 2.75) is 20.3 Å². The van der Waals surface area contributed by atoms with Crippen molar-refractivity contribution in [3.05, 3.63) is 206 Å². The minimum Gasteiger partial charge on any atom is -0.277 e. The molecule has 0 saturated heterocycles. The molecule has 0 amide bonds. The summed E-state index contributed by atoms with van der Waals surface area (Å²) >= 11 is 1.84. The highest BCUT2D eigenvalue weighted by molar-refractivity contribution is 7.25. The van der Waals surface area contributed by atoms with Gasteiger partial charge in [-0.3, -0.25) is 4.57 Å². The topological polar surface area (TPSA) is 43.6 Å². The van der Waals surface area contributed by atoms with Crippen LogP contribution in [0.5, 0.6) is 0 Å². The van der Waals surface area contributed by atoms with Gasteiger partial charge in [-0.15, -0.1) is 11.3 Å². The van der Waals surface area contributed by atoms with Crippen LogP contribution in [0.25, 0.3) is 115 Å². The van der Waals surface area contributed by atoms with E-state index in [1.165, 1.54) is 53.9 Å². The Bertz CT molecular complexity index is 3490. The van der Waals surface area contributed by atoms with Crippen LogP contribution in [-0.2, 0) is 0 Å². The van der Waals surface area contributed by atoms with Gasteiger partial charge >= 0.3 is 0 Å². The van der Waals surface area contributed by atoms with Crippen molar-refractivity contribution in [3.8, 4) is 62.1 Å². The third kappa shape index (κ3) is 6.93. The summed E-state index contributed by atoms with van der Waals surface area (Å²) < 4.78 is 4.84. The van der Waals surface area contributed by atoms with Crippen LogP contribution in [0.1, 0.15) is 20.3 Å². The zero-order chi connectivity index (χ0) is 42.3. The van der Waals surface area contributed by atoms with Crippen molar-refractivity contribution in [2.75, 3.05) is 0 Å². The number of benzene rings is 9. The molecule has 0 spiro atoms. The molecular formula is C58H42N4S. The second kappa shape index (κ2) is 16.3. The molecule has 0 saturated carbocycles. The molecule has 0 aliphatic rings. The van der Waals surface area contributed by atoms with Crippen molar-refractivity contribution >= 4 is 64.1 Å². The molecule has 9 aromatic carbocycles. The van der Waals surface area contributed by atoms with Crippen molar-refractivity contribution in [1.82, 2.24) is 19.5 Å². The quantitative estimate of drug-likeness (QED) is 0.168. The molecular weight excluding hydrogens is 785 g/mol. The maximum atomic E-state index is 5.38. The first-order valence-corrected chi connectivity index (χ1v) is 22.4. The van der Waals surface area contributed by atoms with E-state index in [0.29, 0.717) is 17.6 Å². The second-order valence-electron chi connectivity index (χ2n) is 15.9. The Morgan fingerprint density at radius 2 is 0.905 bits per heavy atom. The van der Waals surface area contributed by atoms with Gasteiger partial charge in [0.05, 0.1) is 11.0 Å². The molecule has 0 aliphatic heterocycles. The molecule has 0 unspecified atom stereocenters. The number of hydrogen-bond acceptors (Lipinski definition) is 4. The Kier molecular flexibility index (Phi) is 9.87. The Morgan fingerprint density at radius 1 is 0.397 bits per heavy atom. The highest BCUT2D eigenvalue weighted by Crippen LogP contribution is 2.43. The first kappa shape index (κ1) is 38.2. The first-order chi connectivity index (χ1) is 31.1. The molecule has 3 aromatic heterocycles. The predicted octanol–water partition coefficient (Wildman–Crippen LogP) is 16.2. The molecule has 5 heteroatoms. The van der Waals surface area contributed by atoms with Crippen LogP contribution >= 0.6 is 11.3 Å². The standard InChI is InChI=1S/C55H34N4S.C3H8/c1-3-12-35(13-4-1)37-22-26-40(27-23-37)53-56-54(41-28-24-38(25-29-41)36-14-5-2-6-15-36)58-55(57-53)59-48-32-30-39-16-7-8-17-43(39)51(48)46-20-11-19-44(52(46)59)42-31-33-50-47(34-42)45-18-9-10-21-49(45)60-50;1-3-2/h1-34H;3H2,1-2H3. The van der Waals surface area contributed by atoms with E-state index in [9.17, 15) is 0 Å². The van der Waals surface area contributed by atoms with E-state index in [-0.39, 0.29) is 0 Å². The van der Waals surface area contributed by atoms with Crippen LogP contribution < -0.4 is 0 Å². The lowest BCUT2D eigenvalue weighted by Gasteiger charge is -2.13. The summed E-state index contributed by atoms with van der Waals surface area (Å²) in [5, 5.41) is 7.25. The van der Waals surface area contributed by atoms with Crippen molar-refractivity contribution in [2.24, 2.45) is 0 Å². The van der Waals surface area contributed by atoms with Crippen LogP contribution in [0.3, 0.4) is 0 Å². The fraction of sp³-hybridized carbons (Fsp3) is 0.0517. The Morgan fingerprint density at radius 3 is 1.56 bits per heavy atom. The number of thiophene rings is 1. The van der Waals surface area contributed by atoms with Gasteiger partial charge in [-0.1, -0.05) is 202 Å². The second-order valence-corrected chi connectivity index (χ2v) is 17.0. The Labute approximate surface area is 370 Å². The van der Waals surface area contributed by atoms with E-state index >= 15 is 0 Å². The third-order valence-corrected chi connectivity index (χ3v) is 12.8. The highest BCUT2D eigenvalue weighted by Gasteiger charge is 2.22. The number of rotatable bonds is 6. The molecule has 4 nitrogen and oxygen atoms in total. The molecule has 0 aliphatic carbocycles. The number of para-hydroxylation sites is 1. The molecule has 3 heterocycles. The zero-order valence-electron chi connectivity index (χ0n) is 35.0. The van der Waals surface area contributed by atoms with Gasteiger partial charge in [-0.2, -0.15) is 9.97 Å². The molecule has 0 fully saturated rings. The SMILES string of the molecule is CCC.c1ccc(-c2ccc(-c3nc(-c4ccc(-c5ccccc5)cc4)nc(-n4c5ccc6ccccc6c5c5cccc(-c6ccc7sc8ccccc8c7c6)c54)n3)cc2)cc1. The number of fused-ring (bicyclic) bond motifs is 8.